The van der Waals surface area contributed by atoms with Crippen molar-refractivity contribution >= 4 is 126 Å². The van der Waals surface area contributed by atoms with Crippen molar-refractivity contribution in [3.8, 4) is 67.9 Å². The summed E-state index contributed by atoms with van der Waals surface area (Å²) in [6, 6.07) is 16.3. The number of carbonyl (C=O) groups is 4. The number of aromatic carboxylic acids is 3. The van der Waals surface area contributed by atoms with Crippen LogP contribution in [0.3, 0.4) is 0 Å². The third-order valence-electron chi connectivity index (χ3n) is 12.8. The number of fused-ring (bicyclic) bond motifs is 4. The van der Waals surface area contributed by atoms with Crippen LogP contribution in [0.1, 0.15) is 56.3 Å². The van der Waals surface area contributed by atoms with Crippen molar-refractivity contribution < 1.29 is 188 Å². The van der Waals surface area contributed by atoms with Gasteiger partial charge in [-0.25, -0.2) is 58.3 Å². The van der Waals surface area contributed by atoms with Crippen LogP contribution in [0.5, 0.6) is 23.0 Å². The van der Waals surface area contributed by atoms with Gasteiger partial charge in [0.05, 0.1) is 80.7 Å². The molecule has 2 heterocycles. The van der Waals surface area contributed by atoms with Crippen molar-refractivity contribution in [1.82, 2.24) is 4.90 Å². The molecule has 41 heteroatoms. The molecule has 0 radical (unpaired) electrons. The molecule has 6 aromatic carbocycles. The van der Waals surface area contributed by atoms with Crippen LogP contribution in [0.4, 0.5) is 42.7 Å². The second-order valence-corrected chi connectivity index (χ2v) is 26.7. The summed E-state index contributed by atoms with van der Waals surface area (Å²) in [5.74, 6) is -13.6. The van der Waals surface area contributed by atoms with Crippen LogP contribution in [-0.4, -0.2) is 104 Å². The van der Waals surface area contributed by atoms with E-state index in [1.165, 1.54) is 0 Å². The Labute approximate surface area is 629 Å². The maximum atomic E-state index is 14.4. The van der Waals surface area contributed by atoms with E-state index < -0.39 is 140 Å². The second-order valence-electron chi connectivity index (χ2n) is 20.3. The average Bonchev–Trinajstić information content (AvgIpc) is 0.745. The molecule has 0 fully saturated rings. The fraction of sp³-hybridized carbons (Fsp3) is 0.0984. The van der Waals surface area contributed by atoms with Gasteiger partial charge >= 0.3 is 108 Å². The second kappa shape index (κ2) is 31.4. The van der Waals surface area contributed by atoms with Crippen LogP contribution in [-0.2, 0) is 20.2 Å². The van der Waals surface area contributed by atoms with Crippen LogP contribution in [0.25, 0.3) is 66.8 Å². The van der Waals surface area contributed by atoms with Gasteiger partial charge in [-0.2, -0.15) is 0 Å². The number of carboxylic acids is 3. The molecule has 102 heavy (non-hydrogen) atoms. The smallest absolute Gasteiger partial charge is 0.870 e. The van der Waals surface area contributed by atoms with Crippen molar-refractivity contribution in [2.24, 2.45) is 0 Å². The summed E-state index contributed by atoms with van der Waals surface area (Å²) in [4.78, 5) is 72.2. The number of hydrogen-bond donors (Lipinski definition) is 2. The van der Waals surface area contributed by atoms with Gasteiger partial charge in [-0.3, -0.25) is 9.59 Å². The summed E-state index contributed by atoms with van der Waals surface area (Å²) in [6.45, 7) is 0. The summed E-state index contributed by atoms with van der Waals surface area (Å²) < 4.78 is 206. The third-order valence-corrected chi connectivity index (χ3v) is 15.6. The number of halogens is 14. The maximum absolute atomic E-state index is 14.4. The largest absolute Gasteiger partial charge is 1.00 e. The fourth-order valence-corrected chi connectivity index (χ4v) is 11.3. The topological polar surface area (TPSA) is 377 Å². The van der Waals surface area contributed by atoms with Crippen molar-refractivity contribution in [2.45, 2.75) is 24.6 Å². The molecule has 0 atom stereocenters. The Bertz CT molecular complexity index is 5370. The molecule has 0 saturated carbocycles. The zero-order valence-corrected chi connectivity index (χ0v) is 58.7. The van der Waals surface area contributed by atoms with Gasteiger partial charge in [-0.15, -0.1) is 0 Å². The fourth-order valence-electron chi connectivity index (χ4n) is 8.88. The summed E-state index contributed by atoms with van der Waals surface area (Å²) in [5.41, 5.74) is -5.00. The molecule has 0 bridgehead atoms. The van der Waals surface area contributed by atoms with Crippen molar-refractivity contribution in [2.75, 3.05) is 28.2 Å². The van der Waals surface area contributed by atoms with E-state index in [0.29, 0.717) is 18.2 Å². The van der Waals surface area contributed by atoms with E-state index in [-0.39, 0.29) is 154 Å². The number of hydrogen-bond acceptors (Lipinski definition) is 19. The van der Waals surface area contributed by atoms with Crippen LogP contribution in [0.15, 0.2) is 137 Å². The molecule has 0 aromatic heterocycles. The van der Waals surface area contributed by atoms with Crippen molar-refractivity contribution in [3.05, 3.63) is 195 Å². The van der Waals surface area contributed by atoms with E-state index in [4.69, 9.17) is 64.7 Å². The number of carboxylic acid groups (broad SMARTS) is 3. The predicted octanol–water partition coefficient (Wildman–Crippen LogP) is 10.1. The molecular weight excluding hydrogens is 1560 g/mol. The number of amidine groups is 1. The van der Waals surface area contributed by atoms with Crippen LogP contribution in [0, 0.1) is 23.3 Å². The van der Waals surface area contributed by atoms with E-state index in [1.54, 1.807) is 37.7 Å². The van der Waals surface area contributed by atoms with Gasteiger partial charge in [-0.1, -0.05) is 91.0 Å². The third kappa shape index (κ3) is 21.0. The molecule has 0 unspecified atom stereocenters. The molecule has 0 saturated heterocycles. The Morgan fingerprint density at radius 3 is 1.18 bits per heavy atom. The van der Waals surface area contributed by atoms with Crippen molar-refractivity contribution in [1.29, 1.82) is 0 Å². The van der Waals surface area contributed by atoms with E-state index >= 15 is 0 Å². The molecule has 6 aromatic rings. The minimum absolute atomic E-state index is 0. The van der Waals surface area contributed by atoms with Crippen LogP contribution >= 0.6 is 54.2 Å². The van der Waals surface area contributed by atoms with Gasteiger partial charge in [0.2, 0.25) is 10.9 Å². The molecule has 10 rings (SSSR count). The number of nitrogens with zero attached hydrogens (tertiary/aromatic N) is 2. The molecule has 540 valence electrons. The summed E-state index contributed by atoms with van der Waals surface area (Å²) in [7, 11) is -13.2. The number of ether oxygens (including phenoxy) is 2. The van der Waals surface area contributed by atoms with E-state index in [0.717, 1.165) is 97.1 Å². The average molecular weight is 1600 g/mol. The van der Waals surface area contributed by atoms with Gasteiger partial charge < -0.3 is 57.7 Å². The Balaban J connectivity index is 0.000000322. The molecule has 2 aliphatic heterocycles. The summed E-state index contributed by atoms with van der Waals surface area (Å²) in [6.07, 6.45) is 0. The zero-order chi connectivity index (χ0) is 74.5. The van der Waals surface area contributed by atoms with E-state index in [2.05, 4.69) is 0 Å². The molecular formula is C61H40Cl4F10KN2O21PS2-4. The Hall–Kier alpha value is -8.20. The first-order valence-electron chi connectivity index (χ1n) is 26.0. The van der Waals surface area contributed by atoms with Gasteiger partial charge in [0, 0.05) is 45.2 Å². The van der Waals surface area contributed by atoms with Gasteiger partial charge in [0.15, 0.2) is 23.1 Å². The number of carbonyl (C=O) groups excluding carboxylic acids is 2. The van der Waals surface area contributed by atoms with Gasteiger partial charge in [-0.05, 0) is 95.6 Å². The number of benzene rings is 8. The SMILES string of the molecule is C.C.CN(C)C(Oc1c(Cl)cc(S(=O)(=O)[O-])cc1Cl)=[N+](C)C.F[P-](F)(F)(F)(F)F.O=C(Oc1c(Cl)cc(S(=O)(=O)[O-])cc1Cl)c1ccc(-c2c3cc(F)c(=O)cc-3oc3cc([O-])c(F)cc23)c(C(=O)O)c1.O=C([O-])c1ccc(-c2c3cc(F)c(=O)cc-3oc3cc([O-])c(F)cc23)c(C(=O)O)c1.[K+]. The normalized spacial score (nSPS) is 11.8. The van der Waals surface area contributed by atoms with Crippen molar-refractivity contribution in [3.63, 3.8) is 0 Å². The summed E-state index contributed by atoms with van der Waals surface area (Å²) >= 11 is 23.8. The molecule has 0 amide bonds. The minimum atomic E-state index is -10.7. The van der Waals surface area contributed by atoms with Crippen LogP contribution in [0.2, 0.25) is 20.1 Å². The molecule has 2 N–H and O–H groups in total. The minimum Gasteiger partial charge on any atom is -0.870 e. The first-order valence-corrected chi connectivity index (χ1v) is 32.3. The van der Waals surface area contributed by atoms with E-state index in [1.807, 2.05) is 0 Å². The molecule has 0 spiro atoms. The summed E-state index contributed by atoms with van der Waals surface area (Å²) in [5, 5.41) is 53.0. The predicted molar refractivity (Wildman–Crippen MR) is 338 cm³/mol. The monoisotopic (exact) mass is 1600 g/mol. The Kier molecular flexibility index (Phi) is 26.5. The van der Waals surface area contributed by atoms with Gasteiger partial charge in [0.1, 0.15) is 54.6 Å². The number of rotatable bonds is 10. The van der Waals surface area contributed by atoms with E-state index in [9.17, 15) is 123 Å². The standard InChI is InChI=1S/C27H12Cl2F2O10S.C21H10F2O7.C11H14Cl2N2O4S.2CH4.F6P.K/c28-16-4-11(42(37,38)39)5-17(29)25(16)41-27(36)10-1-2-12(13(3-10)26(34)35)24-14-6-18(30)20(32)8-22(14)40-23-9-21(33)19(31)7-15(23)24;22-13-4-11-17(6-15(13)24)30-18-7-16(25)14(23)5-12(18)19(11)9-2-1-8(20(26)27)3-10(9)21(28)29;1-14(2)11(15(3)4)19-10-8(12)5-7(6-9(10)13)20(16,17)18;;;1-7(2,3,4,5)6;/h1-9,32H,(H,34,35)(H,37,38,39);1-7,24H,(H,26,27)(H,28,29);5-6H,1-4H3;2*1H4;;/q;;;;;-1;+1/p-4. The van der Waals surface area contributed by atoms with Gasteiger partial charge in [0.25, 0.3) is 0 Å². The quantitative estimate of drug-likeness (QED) is 0.0123. The molecule has 4 aliphatic rings. The number of esters is 1. The van der Waals surface area contributed by atoms with Crippen LogP contribution < -0.4 is 87.0 Å². The zero-order valence-electron chi connectivity index (χ0n) is 50.0. The molecule has 23 nitrogen and oxygen atoms in total. The maximum Gasteiger partial charge on any atom is 1.00 e. The Morgan fingerprint density at radius 1 is 0.529 bits per heavy atom. The Morgan fingerprint density at radius 2 is 0.863 bits per heavy atom. The first kappa shape index (κ1) is 86.2. The first-order chi connectivity index (χ1) is 45.3. The molecule has 2 aliphatic carbocycles.